The number of benzene rings is 2. The zero-order valence-electron chi connectivity index (χ0n) is 14.2. The van der Waals surface area contributed by atoms with Crippen LogP contribution < -0.4 is 0 Å². The van der Waals surface area contributed by atoms with Gasteiger partial charge in [0.15, 0.2) is 5.69 Å². The fourth-order valence-corrected chi connectivity index (χ4v) is 2.48. The summed E-state index contributed by atoms with van der Waals surface area (Å²) in [6, 6.07) is 10.3. The second-order valence-corrected chi connectivity index (χ2v) is 5.82. The van der Waals surface area contributed by atoms with Gasteiger partial charge in [-0.3, -0.25) is 14.9 Å². The summed E-state index contributed by atoms with van der Waals surface area (Å²) in [5.74, 6) is -1.86. The molecule has 0 radical (unpaired) electrons. The summed E-state index contributed by atoms with van der Waals surface area (Å²) in [5.41, 5.74) is 0.801. The number of hydrogen-bond acceptors (Lipinski definition) is 4. The van der Waals surface area contributed by atoms with Crippen LogP contribution in [0.3, 0.4) is 0 Å². The Morgan fingerprint density at radius 1 is 1.19 bits per heavy atom. The van der Waals surface area contributed by atoms with Gasteiger partial charge in [-0.2, -0.15) is 5.10 Å². The lowest BCUT2D eigenvalue weighted by Crippen LogP contribution is -2.27. The van der Waals surface area contributed by atoms with Crippen LogP contribution in [0.25, 0.3) is 5.69 Å². The Labute approximate surface area is 152 Å². The Morgan fingerprint density at radius 2 is 1.89 bits per heavy atom. The van der Waals surface area contributed by atoms with Gasteiger partial charge in [-0.05, 0) is 24.3 Å². The highest BCUT2D eigenvalue weighted by Gasteiger charge is 2.17. The number of halogens is 2. The molecule has 0 bridgehead atoms. The summed E-state index contributed by atoms with van der Waals surface area (Å²) in [4.78, 5) is 23.9. The Bertz CT molecular complexity index is 1000. The lowest BCUT2D eigenvalue weighted by atomic mass is 10.2. The van der Waals surface area contributed by atoms with E-state index in [0.717, 1.165) is 12.1 Å². The molecule has 0 aliphatic heterocycles. The number of aromatic nitrogens is 2. The van der Waals surface area contributed by atoms with Crippen LogP contribution in [0.4, 0.5) is 14.5 Å². The number of amides is 1. The third kappa shape index (κ3) is 3.97. The predicted octanol–water partition coefficient (Wildman–Crippen LogP) is 3.33. The van der Waals surface area contributed by atoms with Crippen LogP contribution in [0.15, 0.2) is 54.7 Å². The molecule has 7 nitrogen and oxygen atoms in total. The van der Waals surface area contributed by atoms with E-state index in [9.17, 15) is 23.7 Å². The summed E-state index contributed by atoms with van der Waals surface area (Å²) >= 11 is 0. The van der Waals surface area contributed by atoms with Crippen molar-refractivity contribution in [2.45, 2.75) is 6.54 Å². The summed E-state index contributed by atoms with van der Waals surface area (Å²) in [7, 11) is 1.48. The first-order valence-corrected chi connectivity index (χ1v) is 7.85. The average Bonchev–Trinajstić information content (AvgIpc) is 3.13. The fourth-order valence-electron chi connectivity index (χ4n) is 2.48. The molecule has 0 spiro atoms. The lowest BCUT2D eigenvalue weighted by molar-refractivity contribution is -0.384. The number of rotatable bonds is 5. The molecule has 9 heteroatoms. The largest absolute Gasteiger partial charge is 0.336 e. The zero-order valence-corrected chi connectivity index (χ0v) is 14.2. The van der Waals surface area contributed by atoms with E-state index in [-0.39, 0.29) is 23.5 Å². The van der Waals surface area contributed by atoms with Crippen molar-refractivity contribution in [3.63, 3.8) is 0 Å². The third-order valence-corrected chi connectivity index (χ3v) is 3.90. The summed E-state index contributed by atoms with van der Waals surface area (Å²) in [6.07, 6.45) is 1.54. The quantitative estimate of drug-likeness (QED) is 0.508. The maximum absolute atomic E-state index is 13.7. The van der Waals surface area contributed by atoms with E-state index in [2.05, 4.69) is 5.10 Å². The molecule has 3 aromatic rings. The molecule has 0 unspecified atom stereocenters. The van der Waals surface area contributed by atoms with E-state index in [0.29, 0.717) is 5.69 Å². The van der Waals surface area contributed by atoms with Gasteiger partial charge in [0.2, 0.25) is 0 Å². The van der Waals surface area contributed by atoms with E-state index in [1.807, 2.05) is 0 Å². The van der Waals surface area contributed by atoms with E-state index >= 15 is 0 Å². The van der Waals surface area contributed by atoms with E-state index in [1.165, 1.54) is 53.0 Å². The van der Waals surface area contributed by atoms with E-state index < -0.39 is 22.5 Å². The molecular weight excluding hydrogens is 358 g/mol. The molecule has 27 heavy (non-hydrogen) atoms. The molecule has 0 aliphatic rings. The summed E-state index contributed by atoms with van der Waals surface area (Å²) < 4.78 is 28.1. The molecule has 138 valence electrons. The van der Waals surface area contributed by atoms with Crippen LogP contribution in [0.1, 0.15) is 16.1 Å². The number of carbonyl (C=O) groups is 1. The van der Waals surface area contributed by atoms with Gasteiger partial charge in [0, 0.05) is 43.6 Å². The van der Waals surface area contributed by atoms with Crippen molar-refractivity contribution in [1.82, 2.24) is 14.7 Å². The minimum Gasteiger partial charge on any atom is -0.336 e. The number of non-ortho nitro benzene ring substituents is 1. The molecule has 1 amide bonds. The topological polar surface area (TPSA) is 81.3 Å². The number of nitro benzene ring substituents is 1. The second kappa shape index (κ2) is 7.32. The van der Waals surface area contributed by atoms with Gasteiger partial charge in [-0.15, -0.1) is 0 Å². The van der Waals surface area contributed by atoms with Gasteiger partial charge in [0.1, 0.15) is 11.6 Å². The van der Waals surface area contributed by atoms with Crippen molar-refractivity contribution in [2.75, 3.05) is 7.05 Å². The van der Waals surface area contributed by atoms with E-state index in [4.69, 9.17) is 0 Å². The van der Waals surface area contributed by atoms with Crippen molar-refractivity contribution in [3.05, 3.63) is 87.7 Å². The highest BCUT2D eigenvalue weighted by Crippen LogP contribution is 2.16. The predicted molar refractivity (Wildman–Crippen MR) is 92.4 cm³/mol. The minimum absolute atomic E-state index is 0.0463. The molecule has 2 aromatic carbocycles. The molecule has 0 N–H and O–H groups in total. The Hall–Kier alpha value is -3.62. The first-order valence-electron chi connectivity index (χ1n) is 7.85. The smallest absolute Gasteiger partial charge is 0.274 e. The van der Waals surface area contributed by atoms with Gasteiger partial charge < -0.3 is 4.90 Å². The Balaban J connectivity index is 1.74. The standard InChI is InChI=1S/C18H14F2N4O3/c1-22(11-12-2-3-13(19)10-16(12)20)18(25)17-8-9-23(21-17)14-4-6-15(7-5-14)24(26)27/h2-10H,11H2,1H3. The molecule has 0 atom stereocenters. The van der Waals surface area contributed by atoms with Crippen molar-refractivity contribution >= 4 is 11.6 Å². The molecule has 1 heterocycles. The van der Waals surface area contributed by atoms with Crippen LogP contribution >= 0.6 is 0 Å². The molecule has 0 fully saturated rings. The van der Waals surface area contributed by atoms with Crippen molar-refractivity contribution in [3.8, 4) is 5.69 Å². The number of nitro groups is 1. The molecule has 3 rings (SSSR count). The van der Waals surface area contributed by atoms with Gasteiger partial charge in [0.05, 0.1) is 10.6 Å². The Kier molecular flexibility index (Phi) is 4.93. The molecule has 1 aromatic heterocycles. The van der Waals surface area contributed by atoms with Crippen LogP contribution in [-0.2, 0) is 6.54 Å². The first-order chi connectivity index (χ1) is 12.8. The summed E-state index contributed by atoms with van der Waals surface area (Å²) in [6.45, 7) is -0.0463. The first kappa shape index (κ1) is 18.2. The van der Waals surface area contributed by atoms with Crippen LogP contribution in [-0.4, -0.2) is 32.6 Å². The molecule has 0 saturated carbocycles. The van der Waals surface area contributed by atoms with Crippen LogP contribution in [0, 0.1) is 21.7 Å². The van der Waals surface area contributed by atoms with Gasteiger partial charge >= 0.3 is 0 Å². The fraction of sp³-hybridized carbons (Fsp3) is 0.111. The van der Waals surface area contributed by atoms with Gasteiger partial charge in [-0.25, -0.2) is 13.5 Å². The van der Waals surface area contributed by atoms with Gasteiger partial charge in [0.25, 0.3) is 11.6 Å². The van der Waals surface area contributed by atoms with Crippen LogP contribution in [0.5, 0.6) is 0 Å². The van der Waals surface area contributed by atoms with Crippen LogP contribution in [0.2, 0.25) is 0 Å². The highest BCUT2D eigenvalue weighted by molar-refractivity contribution is 5.92. The van der Waals surface area contributed by atoms with Crippen molar-refractivity contribution in [2.24, 2.45) is 0 Å². The summed E-state index contributed by atoms with van der Waals surface area (Å²) in [5, 5.41) is 14.9. The minimum atomic E-state index is -0.731. The monoisotopic (exact) mass is 372 g/mol. The number of nitrogens with zero attached hydrogens (tertiary/aromatic N) is 4. The molecular formula is C18H14F2N4O3. The second-order valence-electron chi connectivity index (χ2n) is 5.82. The maximum Gasteiger partial charge on any atom is 0.274 e. The van der Waals surface area contributed by atoms with E-state index in [1.54, 1.807) is 6.20 Å². The average molecular weight is 372 g/mol. The normalized spacial score (nSPS) is 10.6. The Morgan fingerprint density at radius 3 is 2.52 bits per heavy atom. The third-order valence-electron chi connectivity index (χ3n) is 3.90. The molecule has 0 aliphatic carbocycles. The number of carbonyl (C=O) groups excluding carboxylic acids is 1. The maximum atomic E-state index is 13.7. The van der Waals surface area contributed by atoms with Crippen molar-refractivity contribution in [1.29, 1.82) is 0 Å². The zero-order chi connectivity index (χ0) is 19.6. The highest BCUT2D eigenvalue weighted by atomic mass is 19.1. The SMILES string of the molecule is CN(Cc1ccc(F)cc1F)C(=O)c1ccn(-c2ccc([N+](=O)[O-])cc2)n1. The molecule has 0 saturated heterocycles. The van der Waals surface area contributed by atoms with Crippen molar-refractivity contribution < 1.29 is 18.5 Å². The lowest BCUT2D eigenvalue weighted by Gasteiger charge is -2.16. The van der Waals surface area contributed by atoms with Gasteiger partial charge in [-0.1, -0.05) is 6.07 Å². The number of hydrogen-bond donors (Lipinski definition) is 0.